The van der Waals surface area contributed by atoms with Gasteiger partial charge < -0.3 is 20.7 Å². The second kappa shape index (κ2) is 4.90. The molecular weight excluding hydrogens is 220 g/mol. The van der Waals surface area contributed by atoms with Crippen LogP contribution in [0.1, 0.15) is 6.42 Å². The van der Waals surface area contributed by atoms with E-state index < -0.39 is 0 Å². The molecule has 1 aliphatic heterocycles. The van der Waals surface area contributed by atoms with Crippen molar-refractivity contribution in [2.45, 2.75) is 12.5 Å². The number of methoxy groups -OCH3 is 1. The molecule has 3 N–H and O–H groups in total. The van der Waals surface area contributed by atoms with Crippen molar-refractivity contribution < 1.29 is 9.53 Å². The normalized spacial score (nSPS) is 19.1. The molecule has 92 valence electrons. The van der Waals surface area contributed by atoms with Crippen molar-refractivity contribution >= 4 is 17.6 Å². The van der Waals surface area contributed by atoms with Crippen LogP contribution in [0.15, 0.2) is 18.3 Å². The Balaban J connectivity index is 1.93. The SMILES string of the molecule is COC(=O)NC1CCN(c2ccc(N)nc2)C1. The Labute approximate surface area is 99.8 Å². The number of amides is 1. The van der Waals surface area contributed by atoms with E-state index in [4.69, 9.17) is 5.73 Å². The van der Waals surface area contributed by atoms with Gasteiger partial charge in [0.25, 0.3) is 0 Å². The van der Waals surface area contributed by atoms with Crippen molar-refractivity contribution in [1.82, 2.24) is 10.3 Å². The first-order valence-corrected chi connectivity index (χ1v) is 5.50. The molecule has 0 spiro atoms. The predicted octanol–water partition coefficient (Wildman–Crippen LogP) is 0.598. The monoisotopic (exact) mass is 236 g/mol. The number of hydrogen-bond donors (Lipinski definition) is 2. The van der Waals surface area contributed by atoms with E-state index in [2.05, 4.69) is 19.9 Å². The Morgan fingerprint density at radius 2 is 2.47 bits per heavy atom. The lowest BCUT2D eigenvalue weighted by atomic mass is 10.3. The van der Waals surface area contributed by atoms with Crippen LogP contribution >= 0.6 is 0 Å². The number of rotatable bonds is 2. The Kier molecular flexibility index (Phi) is 3.32. The molecule has 1 aromatic heterocycles. The number of ether oxygens (including phenoxy) is 1. The topological polar surface area (TPSA) is 80.5 Å². The highest BCUT2D eigenvalue weighted by Gasteiger charge is 2.24. The number of carbonyl (C=O) groups is 1. The lowest BCUT2D eigenvalue weighted by Crippen LogP contribution is -2.36. The van der Waals surface area contributed by atoms with Gasteiger partial charge in [0.15, 0.2) is 0 Å². The van der Waals surface area contributed by atoms with Gasteiger partial charge in [-0.15, -0.1) is 0 Å². The first kappa shape index (κ1) is 11.5. The third kappa shape index (κ3) is 2.77. The molecule has 1 aromatic rings. The highest BCUT2D eigenvalue weighted by Crippen LogP contribution is 2.19. The molecule has 2 heterocycles. The maximum absolute atomic E-state index is 11.1. The fraction of sp³-hybridized carbons (Fsp3) is 0.455. The maximum Gasteiger partial charge on any atom is 0.407 e. The molecule has 0 saturated carbocycles. The molecule has 0 bridgehead atoms. The van der Waals surface area contributed by atoms with Crippen LogP contribution in [-0.2, 0) is 4.74 Å². The number of alkyl carbamates (subject to hydrolysis) is 1. The number of nitrogens with zero attached hydrogens (tertiary/aromatic N) is 2. The predicted molar refractivity (Wildman–Crippen MR) is 64.8 cm³/mol. The lowest BCUT2D eigenvalue weighted by Gasteiger charge is -2.18. The van der Waals surface area contributed by atoms with Crippen molar-refractivity contribution in [3.05, 3.63) is 18.3 Å². The van der Waals surface area contributed by atoms with Crippen LogP contribution in [-0.4, -0.2) is 37.3 Å². The molecule has 0 radical (unpaired) electrons. The van der Waals surface area contributed by atoms with Gasteiger partial charge >= 0.3 is 6.09 Å². The molecule has 1 saturated heterocycles. The molecule has 1 amide bonds. The molecule has 1 aliphatic rings. The standard InChI is InChI=1S/C11H16N4O2/c1-17-11(16)14-8-4-5-15(7-8)9-2-3-10(12)13-6-9/h2-3,6,8H,4-5,7H2,1H3,(H2,12,13)(H,14,16). The second-order valence-electron chi connectivity index (χ2n) is 4.01. The quantitative estimate of drug-likeness (QED) is 0.786. The van der Waals surface area contributed by atoms with Gasteiger partial charge in [-0.05, 0) is 18.6 Å². The van der Waals surface area contributed by atoms with Crippen LogP contribution in [0.4, 0.5) is 16.3 Å². The van der Waals surface area contributed by atoms with E-state index in [0.717, 1.165) is 25.2 Å². The average Bonchev–Trinajstić information content (AvgIpc) is 2.78. The van der Waals surface area contributed by atoms with E-state index in [0.29, 0.717) is 5.82 Å². The summed E-state index contributed by atoms with van der Waals surface area (Å²) in [4.78, 5) is 17.3. The van der Waals surface area contributed by atoms with Crippen molar-refractivity contribution in [3.8, 4) is 0 Å². The van der Waals surface area contributed by atoms with Crippen LogP contribution in [0, 0.1) is 0 Å². The summed E-state index contributed by atoms with van der Waals surface area (Å²) in [5.74, 6) is 0.511. The maximum atomic E-state index is 11.1. The average molecular weight is 236 g/mol. The molecule has 0 aromatic carbocycles. The van der Waals surface area contributed by atoms with Crippen molar-refractivity contribution in [1.29, 1.82) is 0 Å². The van der Waals surface area contributed by atoms with Crippen molar-refractivity contribution in [3.63, 3.8) is 0 Å². The summed E-state index contributed by atoms with van der Waals surface area (Å²) in [6.45, 7) is 1.65. The summed E-state index contributed by atoms with van der Waals surface area (Å²) < 4.78 is 4.57. The molecule has 1 unspecified atom stereocenters. The zero-order chi connectivity index (χ0) is 12.3. The highest BCUT2D eigenvalue weighted by molar-refractivity contribution is 5.67. The minimum atomic E-state index is -0.382. The second-order valence-corrected chi connectivity index (χ2v) is 4.01. The third-order valence-electron chi connectivity index (χ3n) is 2.83. The van der Waals surface area contributed by atoms with Gasteiger partial charge in [-0.2, -0.15) is 0 Å². The number of nitrogen functional groups attached to an aromatic ring is 1. The fourth-order valence-electron chi connectivity index (χ4n) is 1.92. The Morgan fingerprint density at radius 1 is 1.65 bits per heavy atom. The smallest absolute Gasteiger partial charge is 0.407 e. The number of nitrogens with one attached hydrogen (secondary N) is 1. The van der Waals surface area contributed by atoms with Crippen molar-refractivity contribution in [2.75, 3.05) is 30.8 Å². The number of aromatic nitrogens is 1. The van der Waals surface area contributed by atoms with Gasteiger partial charge in [-0.3, -0.25) is 0 Å². The van der Waals surface area contributed by atoms with Crippen LogP contribution in [0.5, 0.6) is 0 Å². The summed E-state index contributed by atoms with van der Waals surface area (Å²) in [5, 5.41) is 2.79. The van der Waals surface area contributed by atoms with E-state index in [9.17, 15) is 4.79 Å². The van der Waals surface area contributed by atoms with Gasteiger partial charge in [0.2, 0.25) is 0 Å². The van der Waals surface area contributed by atoms with E-state index in [1.807, 2.05) is 6.07 Å². The molecule has 6 nitrogen and oxygen atoms in total. The van der Waals surface area contributed by atoms with E-state index >= 15 is 0 Å². The van der Waals surface area contributed by atoms with Gasteiger partial charge in [0.05, 0.1) is 25.0 Å². The molecule has 1 atom stereocenters. The number of hydrogen-bond acceptors (Lipinski definition) is 5. The number of pyridine rings is 1. The molecule has 1 fully saturated rings. The summed E-state index contributed by atoms with van der Waals surface area (Å²) in [5.41, 5.74) is 6.56. The molecule has 2 rings (SSSR count). The van der Waals surface area contributed by atoms with E-state index in [-0.39, 0.29) is 12.1 Å². The molecule has 17 heavy (non-hydrogen) atoms. The van der Waals surface area contributed by atoms with E-state index in [1.54, 1.807) is 12.3 Å². The lowest BCUT2D eigenvalue weighted by molar-refractivity contribution is 0.167. The molecule has 6 heteroatoms. The van der Waals surface area contributed by atoms with Gasteiger partial charge in [0.1, 0.15) is 5.82 Å². The Bertz CT molecular complexity index is 393. The van der Waals surface area contributed by atoms with Gasteiger partial charge in [-0.25, -0.2) is 9.78 Å². The molecular formula is C11H16N4O2. The zero-order valence-electron chi connectivity index (χ0n) is 9.72. The van der Waals surface area contributed by atoms with Crippen LogP contribution in [0.25, 0.3) is 0 Å². The van der Waals surface area contributed by atoms with Crippen LogP contribution < -0.4 is 16.0 Å². The summed E-state index contributed by atoms with van der Waals surface area (Å²) in [6.07, 6.45) is 2.27. The largest absolute Gasteiger partial charge is 0.453 e. The van der Waals surface area contributed by atoms with Crippen LogP contribution in [0.3, 0.4) is 0 Å². The van der Waals surface area contributed by atoms with Crippen molar-refractivity contribution in [2.24, 2.45) is 0 Å². The number of nitrogens with two attached hydrogens (primary N) is 1. The number of anilines is 2. The molecule has 0 aliphatic carbocycles. The Hall–Kier alpha value is -1.98. The van der Waals surface area contributed by atoms with E-state index in [1.165, 1.54) is 7.11 Å². The Morgan fingerprint density at radius 3 is 3.12 bits per heavy atom. The first-order chi connectivity index (χ1) is 8.19. The summed E-state index contributed by atoms with van der Waals surface area (Å²) >= 11 is 0. The zero-order valence-corrected chi connectivity index (χ0v) is 9.72. The first-order valence-electron chi connectivity index (χ1n) is 5.50. The minimum absolute atomic E-state index is 0.125. The number of carbonyl (C=O) groups excluding carboxylic acids is 1. The van der Waals surface area contributed by atoms with Gasteiger partial charge in [-0.1, -0.05) is 0 Å². The highest BCUT2D eigenvalue weighted by atomic mass is 16.5. The minimum Gasteiger partial charge on any atom is -0.453 e. The summed E-state index contributed by atoms with van der Waals surface area (Å²) in [6, 6.07) is 3.83. The van der Waals surface area contributed by atoms with Gasteiger partial charge in [0, 0.05) is 13.1 Å². The third-order valence-corrected chi connectivity index (χ3v) is 2.83. The van der Waals surface area contributed by atoms with Crippen LogP contribution in [0.2, 0.25) is 0 Å². The fourth-order valence-corrected chi connectivity index (χ4v) is 1.92. The summed E-state index contributed by atoms with van der Waals surface area (Å²) in [7, 11) is 1.37.